The fourth-order valence-electron chi connectivity index (χ4n) is 2.32. The van der Waals surface area contributed by atoms with Gasteiger partial charge in [-0.05, 0) is 67.8 Å². The second kappa shape index (κ2) is 8.70. The van der Waals surface area contributed by atoms with Crippen LogP contribution in [0.2, 0.25) is 0 Å². The van der Waals surface area contributed by atoms with E-state index in [1.807, 2.05) is 78.9 Å². The van der Waals surface area contributed by atoms with Crippen LogP contribution in [0.4, 0.5) is 5.69 Å². The largest absolute Gasteiger partial charge is 0.325 e. The Balaban J connectivity index is 1.85. The summed E-state index contributed by atoms with van der Waals surface area (Å²) in [5, 5.41) is 2.69. The van der Waals surface area contributed by atoms with Crippen LogP contribution in [0, 0.1) is 0 Å². The van der Waals surface area contributed by atoms with Crippen molar-refractivity contribution in [3.05, 3.63) is 93.4 Å². The minimum Gasteiger partial charge on any atom is -0.325 e. The molecule has 126 valence electrons. The predicted octanol–water partition coefficient (Wildman–Crippen LogP) is 6.68. The number of rotatable bonds is 5. The van der Waals surface area contributed by atoms with Gasteiger partial charge in [-0.25, -0.2) is 0 Å². The Kier molecular flexibility index (Phi) is 6.34. The number of carbonyl (C=O) groups is 1. The van der Waals surface area contributed by atoms with E-state index in [1.54, 1.807) is 11.8 Å². The number of hydrogen-bond acceptors (Lipinski definition) is 2. The zero-order valence-electron chi connectivity index (χ0n) is 13.2. The Hall–Kier alpha value is -1.56. The molecule has 0 aliphatic heterocycles. The molecule has 1 unspecified atom stereocenters. The molecule has 0 saturated heterocycles. The van der Waals surface area contributed by atoms with Crippen molar-refractivity contribution in [2.24, 2.45) is 0 Å². The maximum absolute atomic E-state index is 13.0. The summed E-state index contributed by atoms with van der Waals surface area (Å²) in [5.74, 6) is -0.0470. The molecule has 0 aliphatic carbocycles. The maximum Gasteiger partial charge on any atom is 0.242 e. The molecule has 0 saturated carbocycles. The van der Waals surface area contributed by atoms with Gasteiger partial charge in [0.25, 0.3) is 0 Å². The van der Waals surface area contributed by atoms with E-state index >= 15 is 0 Å². The standard InChI is InChI=1S/C20H15Br2NOS/c21-17-12-11-15(13-18(17)22)23-20(24)19(14-7-3-1-4-8-14)25-16-9-5-2-6-10-16/h1-13,19H,(H,23,24). The summed E-state index contributed by atoms with van der Waals surface area (Å²) in [6.07, 6.45) is 0. The van der Waals surface area contributed by atoms with Crippen LogP contribution < -0.4 is 5.32 Å². The second-order valence-electron chi connectivity index (χ2n) is 5.34. The first-order valence-electron chi connectivity index (χ1n) is 7.66. The molecule has 3 rings (SSSR count). The Bertz CT molecular complexity index is 856. The van der Waals surface area contributed by atoms with Gasteiger partial charge in [0.05, 0.1) is 0 Å². The van der Waals surface area contributed by atoms with Crippen molar-refractivity contribution in [1.82, 2.24) is 0 Å². The lowest BCUT2D eigenvalue weighted by Gasteiger charge is -2.17. The summed E-state index contributed by atoms with van der Waals surface area (Å²) in [6.45, 7) is 0. The van der Waals surface area contributed by atoms with Gasteiger partial charge in [-0.15, -0.1) is 11.8 Å². The van der Waals surface area contributed by atoms with Crippen LogP contribution >= 0.6 is 43.6 Å². The molecule has 0 bridgehead atoms. The Morgan fingerprint density at radius 2 is 1.48 bits per heavy atom. The van der Waals surface area contributed by atoms with Gasteiger partial charge in [0.1, 0.15) is 5.25 Å². The van der Waals surface area contributed by atoms with Gasteiger partial charge >= 0.3 is 0 Å². The molecule has 0 radical (unpaired) electrons. The molecule has 1 atom stereocenters. The van der Waals surface area contributed by atoms with Crippen molar-refractivity contribution >= 4 is 55.2 Å². The lowest BCUT2D eigenvalue weighted by molar-refractivity contribution is -0.115. The molecule has 0 aromatic heterocycles. The fourth-order valence-corrected chi connectivity index (χ4v) is 3.99. The highest BCUT2D eigenvalue weighted by atomic mass is 79.9. The van der Waals surface area contributed by atoms with Gasteiger partial charge in [0.2, 0.25) is 5.91 Å². The summed E-state index contributed by atoms with van der Waals surface area (Å²) < 4.78 is 1.85. The zero-order valence-corrected chi connectivity index (χ0v) is 17.1. The molecule has 3 aromatic rings. The van der Waals surface area contributed by atoms with Crippen LogP contribution in [0.1, 0.15) is 10.8 Å². The average molecular weight is 477 g/mol. The fraction of sp³-hybridized carbons (Fsp3) is 0.0500. The Morgan fingerprint density at radius 3 is 2.12 bits per heavy atom. The van der Waals surface area contributed by atoms with Gasteiger partial charge in [-0.3, -0.25) is 4.79 Å². The molecule has 0 heterocycles. The van der Waals surface area contributed by atoms with E-state index in [1.165, 1.54) is 0 Å². The van der Waals surface area contributed by atoms with Crippen LogP contribution in [-0.4, -0.2) is 5.91 Å². The number of hydrogen-bond donors (Lipinski definition) is 1. The summed E-state index contributed by atoms with van der Waals surface area (Å²) in [7, 11) is 0. The van der Waals surface area contributed by atoms with E-state index in [-0.39, 0.29) is 11.2 Å². The second-order valence-corrected chi connectivity index (χ2v) is 8.23. The van der Waals surface area contributed by atoms with Gasteiger partial charge in [0.15, 0.2) is 0 Å². The van der Waals surface area contributed by atoms with Crippen molar-refractivity contribution in [1.29, 1.82) is 0 Å². The summed E-state index contributed by atoms with van der Waals surface area (Å²) in [6, 6.07) is 25.5. The molecule has 0 spiro atoms. The van der Waals surface area contributed by atoms with Gasteiger partial charge in [0, 0.05) is 19.5 Å². The monoisotopic (exact) mass is 475 g/mol. The number of nitrogens with one attached hydrogen (secondary N) is 1. The summed E-state index contributed by atoms with van der Waals surface area (Å²) in [4.78, 5) is 14.0. The number of thioether (sulfide) groups is 1. The molecule has 5 heteroatoms. The number of carbonyl (C=O) groups excluding carboxylic acids is 1. The number of benzene rings is 3. The van der Waals surface area contributed by atoms with Gasteiger partial charge in [-0.2, -0.15) is 0 Å². The quantitative estimate of drug-likeness (QED) is 0.416. The molecule has 1 amide bonds. The zero-order chi connectivity index (χ0) is 17.6. The molecular weight excluding hydrogens is 462 g/mol. The molecule has 0 aliphatic rings. The Morgan fingerprint density at radius 1 is 0.840 bits per heavy atom. The third-order valence-corrected chi connectivity index (χ3v) is 6.67. The van der Waals surface area contributed by atoms with E-state index in [4.69, 9.17) is 0 Å². The maximum atomic E-state index is 13.0. The van der Waals surface area contributed by atoms with Crippen LogP contribution in [-0.2, 0) is 4.79 Å². The van der Waals surface area contributed by atoms with Crippen LogP contribution in [0.5, 0.6) is 0 Å². The first-order chi connectivity index (χ1) is 12.1. The third kappa shape index (κ3) is 4.97. The van der Waals surface area contributed by atoms with Crippen molar-refractivity contribution in [2.75, 3.05) is 5.32 Å². The van der Waals surface area contributed by atoms with Gasteiger partial charge in [-0.1, -0.05) is 48.5 Å². The highest BCUT2D eigenvalue weighted by Crippen LogP contribution is 2.36. The summed E-state index contributed by atoms with van der Waals surface area (Å²) >= 11 is 8.45. The van der Waals surface area contributed by atoms with Crippen molar-refractivity contribution < 1.29 is 4.79 Å². The molecule has 3 aromatic carbocycles. The SMILES string of the molecule is O=C(Nc1ccc(Br)c(Br)c1)C(Sc1ccccc1)c1ccccc1. The van der Waals surface area contributed by atoms with E-state index < -0.39 is 0 Å². The highest BCUT2D eigenvalue weighted by molar-refractivity contribution is 9.13. The minimum absolute atomic E-state index is 0.0470. The van der Waals surface area contributed by atoms with E-state index in [0.29, 0.717) is 0 Å². The van der Waals surface area contributed by atoms with E-state index in [9.17, 15) is 4.79 Å². The molecule has 2 nitrogen and oxygen atoms in total. The summed E-state index contributed by atoms with van der Waals surface area (Å²) in [5.41, 5.74) is 1.74. The smallest absolute Gasteiger partial charge is 0.242 e. The lowest BCUT2D eigenvalue weighted by Crippen LogP contribution is -2.19. The highest BCUT2D eigenvalue weighted by Gasteiger charge is 2.22. The van der Waals surface area contributed by atoms with E-state index in [2.05, 4.69) is 37.2 Å². The topological polar surface area (TPSA) is 29.1 Å². The molecule has 1 N–H and O–H groups in total. The Labute approximate surface area is 168 Å². The lowest BCUT2D eigenvalue weighted by atomic mass is 10.1. The normalized spacial score (nSPS) is 11.8. The van der Waals surface area contributed by atoms with Gasteiger partial charge < -0.3 is 5.32 Å². The number of halogens is 2. The number of amides is 1. The van der Waals surface area contributed by atoms with Crippen LogP contribution in [0.15, 0.2) is 92.7 Å². The molecule has 0 fully saturated rings. The third-order valence-electron chi connectivity index (χ3n) is 3.52. The predicted molar refractivity (Wildman–Crippen MR) is 112 cm³/mol. The van der Waals surface area contributed by atoms with Crippen molar-refractivity contribution in [2.45, 2.75) is 10.1 Å². The first kappa shape index (κ1) is 18.2. The van der Waals surface area contributed by atoms with E-state index in [0.717, 1.165) is 25.1 Å². The van der Waals surface area contributed by atoms with Crippen molar-refractivity contribution in [3.63, 3.8) is 0 Å². The van der Waals surface area contributed by atoms with Crippen LogP contribution in [0.25, 0.3) is 0 Å². The number of anilines is 1. The first-order valence-corrected chi connectivity index (χ1v) is 10.1. The van der Waals surface area contributed by atoms with Crippen LogP contribution in [0.3, 0.4) is 0 Å². The molecular formula is C20H15Br2NOS. The van der Waals surface area contributed by atoms with Crippen molar-refractivity contribution in [3.8, 4) is 0 Å². The molecule has 25 heavy (non-hydrogen) atoms. The average Bonchev–Trinajstić information content (AvgIpc) is 2.64. The minimum atomic E-state index is -0.328.